The molecule has 2 unspecified atom stereocenters. The highest BCUT2D eigenvalue weighted by Crippen LogP contribution is 2.65. The number of likely N-dealkylation sites (tertiary alicyclic amines) is 1. The molecule has 1 spiro atoms. The summed E-state index contributed by atoms with van der Waals surface area (Å²) in [7, 11) is 0. The summed E-state index contributed by atoms with van der Waals surface area (Å²) in [6, 6.07) is 2.40. The van der Waals surface area contributed by atoms with Crippen molar-refractivity contribution in [2.45, 2.75) is 56.9 Å². The van der Waals surface area contributed by atoms with Crippen molar-refractivity contribution >= 4 is 11.8 Å². The number of allylic oxidation sites excluding steroid dienone is 2. The van der Waals surface area contributed by atoms with Crippen molar-refractivity contribution in [1.82, 2.24) is 10.2 Å². The van der Waals surface area contributed by atoms with Gasteiger partial charge in [0, 0.05) is 30.7 Å². The number of rotatable bonds is 1. The summed E-state index contributed by atoms with van der Waals surface area (Å²) in [5, 5.41) is 12.9. The van der Waals surface area contributed by atoms with Crippen LogP contribution in [0.15, 0.2) is 22.0 Å². The van der Waals surface area contributed by atoms with Gasteiger partial charge < -0.3 is 5.32 Å². The number of carbonyl (C=O) groups excluding carboxylic acids is 1. The molecule has 25 heavy (non-hydrogen) atoms. The maximum atomic E-state index is 13.9. The lowest BCUT2D eigenvalue weighted by Crippen LogP contribution is -2.55. The van der Waals surface area contributed by atoms with E-state index < -0.39 is 16.9 Å². The molecule has 0 aromatic heterocycles. The van der Waals surface area contributed by atoms with Gasteiger partial charge in [0.2, 0.25) is 0 Å². The SMILES string of the molecule is CC1=NC2=C(CC(C#N)(N3CCCC4(C3)CC4(F)F)CC2)C(=C=O)N1. The van der Waals surface area contributed by atoms with Gasteiger partial charge in [-0.2, -0.15) is 5.26 Å². The number of aliphatic imine (C=N–C) groups is 1. The van der Waals surface area contributed by atoms with E-state index in [0.29, 0.717) is 55.8 Å². The summed E-state index contributed by atoms with van der Waals surface area (Å²) in [5.41, 5.74) is 0.0343. The molecule has 132 valence electrons. The van der Waals surface area contributed by atoms with Crippen LogP contribution in [0.4, 0.5) is 8.78 Å². The van der Waals surface area contributed by atoms with E-state index in [1.807, 2.05) is 10.8 Å². The van der Waals surface area contributed by atoms with Gasteiger partial charge in [0.05, 0.1) is 11.5 Å². The van der Waals surface area contributed by atoms with Crippen molar-refractivity contribution in [3.05, 3.63) is 17.0 Å². The summed E-state index contributed by atoms with van der Waals surface area (Å²) in [6.45, 7) is 2.67. The molecule has 0 amide bonds. The van der Waals surface area contributed by atoms with Crippen molar-refractivity contribution in [3.63, 3.8) is 0 Å². The fourth-order valence-electron chi connectivity index (χ4n) is 4.65. The number of nitrogens with one attached hydrogen (secondary N) is 1. The third kappa shape index (κ3) is 2.36. The first-order valence-corrected chi connectivity index (χ1v) is 8.69. The minimum Gasteiger partial charge on any atom is -0.335 e. The summed E-state index contributed by atoms with van der Waals surface area (Å²) in [4.78, 5) is 17.7. The zero-order valence-electron chi connectivity index (χ0n) is 14.2. The highest BCUT2D eigenvalue weighted by atomic mass is 19.3. The molecule has 2 fully saturated rings. The van der Waals surface area contributed by atoms with Crippen molar-refractivity contribution in [2.24, 2.45) is 10.4 Å². The number of nitrogens with zero attached hydrogens (tertiary/aromatic N) is 3. The average Bonchev–Trinajstić information content (AvgIpc) is 3.12. The maximum Gasteiger partial charge on any atom is 0.255 e. The highest BCUT2D eigenvalue weighted by Gasteiger charge is 2.72. The topological polar surface area (TPSA) is 68.5 Å². The molecule has 0 bridgehead atoms. The third-order valence-electron chi connectivity index (χ3n) is 6.21. The Morgan fingerprint density at radius 2 is 2.12 bits per heavy atom. The van der Waals surface area contributed by atoms with Gasteiger partial charge in [0.25, 0.3) is 5.92 Å². The van der Waals surface area contributed by atoms with E-state index in [2.05, 4.69) is 16.4 Å². The molecule has 4 aliphatic rings. The molecule has 2 atom stereocenters. The first-order valence-electron chi connectivity index (χ1n) is 8.69. The summed E-state index contributed by atoms with van der Waals surface area (Å²) >= 11 is 0. The van der Waals surface area contributed by atoms with Gasteiger partial charge in [-0.15, -0.1) is 0 Å². The fraction of sp³-hybridized carbons (Fsp3) is 0.667. The largest absolute Gasteiger partial charge is 0.335 e. The van der Waals surface area contributed by atoms with Crippen LogP contribution in [-0.2, 0) is 4.79 Å². The van der Waals surface area contributed by atoms with Gasteiger partial charge in [-0.3, -0.25) is 4.90 Å². The van der Waals surface area contributed by atoms with Crippen LogP contribution in [0.5, 0.6) is 0 Å². The number of hydrogen-bond donors (Lipinski definition) is 1. The molecule has 1 saturated carbocycles. The number of amidine groups is 1. The normalized spacial score (nSPS) is 36.9. The molecule has 1 N–H and O–H groups in total. The first kappa shape index (κ1) is 16.4. The quantitative estimate of drug-likeness (QED) is 0.741. The Morgan fingerprint density at radius 1 is 1.36 bits per heavy atom. The first-order chi connectivity index (χ1) is 11.8. The Bertz CT molecular complexity index is 789. The number of nitriles is 1. The lowest BCUT2D eigenvalue weighted by molar-refractivity contribution is -0.00459. The lowest BCUT2D eigenvalue weighted by Gasteiger charge is -2.46. The predicted octanol–water partition coefficient (Wildman–Crippen LogP) is 2.55. The molecule has 5 nitrogen and oxygen atoms in total. The van der Waals surface area contributed by atoms with Gasteiger partial charge in [-0.25, -0.2) is 18.6 Å². The van der Waals surface area contributed by atoms with Crippen molar-refractivity contribution < 1.29 is 13.6 Å². The number of halogens is 2. The predicted molar refractivity (Wildman–Crippen MR) is 87.5 cm³/mol. The average molecular weight is 346 g/mol. The Morgan fingerprint density at radius 3 is 2.76 bits per heavy atom. The van der Waals surface area contributed by atoms with E-state index in [0.717, 1.165) is 5.70 Å². The molecule has 7 heteroatoms. The van der Waals surface area contributed by atoms with E-state index in [4.69, 9.17) is 0 Å². The monoisotopic (exact) mass is 346 g/mol. The van der Waals surface area contributed by atoms with Crippen molar-refractivity contribution in [2.75, 3.05) is 13.1 Å². The van der Waals surface area contributed by atoms with Crippen LogP contribution in [0.25, 0.3) is 0 Å². The molecule has 2 aliphatic carbocycles. The minimum atomic E-state index is -2.61. The zero-order chi connectivity index (χ0) is 17.9. The second-order valence-electron chi connectivity index (χ2n) is 7.73. The number of hydrogen-bond acceptors (Lipinski definition) is 5. The standard InChI is InChI=1S/C18H20F2N4O/c1-12-22-14-3-5-17(10-21,7-13(14)15(8-25)23-12)24-6-2-4-16(11-24)9-18(16,19)20/h2-7,9,11H2,1H3,(H,22,23). The van der Waals surface area contributed by atoms with E-state index in [1.165, 1.54) is 0 Å². The van der Waals surface area contributed by atoms with Gasteiger partial charge in [0.1, 0.15) is 17.1 Å². The van der Waals surface area contributed by atoms with Crippen LogP contribution in [0.1, 0.15) is 45.4 Å². The van der Waals surface area contributed by atoms with Crippen molar-refractivity contribution in [1.29, 1.82) is 5.26 Å². The van der Waals surface area contributed by atoms with Crippen LogP contribution >= 0.6 is 0 Å². The minimum absolute atomic E-state index is 0.0729. The fourth-order valence-corrected chi connectivity index (χ4v) is 4.65. The summed E-state index contributed by atoms with van der Waals surface area (Å²) in [5.74, 6) is -0.0639. The molecule has 2 aliphatic heterocycles. The molecule has 1 saturated heterocycles. The molecule has 0 aromatic rings. The Labute approximate surface area is 145 Å². The smallest absolute Gasteiger partial charge is 0.255 e. The van der Waals surface area contributed by atoms with Crippen LogP contribution in [0.3, 0.4) is 0 Å². The number of piperidine rings is 1. The molecule has 2 heterocycles. The number of alkyl halides is 2. The van der Waals surface area contributed by atoms with Crippen LogP contribution in [0, 0.1) is 16.7 Å². The van der Waals surface area contributed by atoms with E-state index >= 15 is 0 Å². The van der Waals surface area contributed by atoms with Crippen LogP contribution in [-0.4, -0.2) is 41.2 Å². The Hall–Kier alpha value is -2.03. The van der Waals surface area contributed by atoms with Gasteiger partial charge >= 0.3 is 0 Å². The van der Waals surface area contributed by atoms with E-state index in [9.17, 15) is 18.8 Å². The van der Waals surface area contributed by atoms with E-state index in [-0.39, 0.29) is 13.0 Å². The second-order valence-corrected chi connectivity index (χ2v) is 7.73. The molecular weight excluding hydrogens is 326 g/mol. The molecular formula is C18H20F2N4O. The lowest BCUT2D eigenvalue weighted by atomic mass is 9.76. The third-order valence-corrected chi connectivity index (χ3v) is 6.21. The Kier molecular flexibility index (Phi) is 3.44. The Balaban J connectivity index is 1.65. The van der Waals surface area contributed by atoms with E-state index in [1.54, 1.807) is 6.92 Å². The van der Waals surface area contributed by atoms with Gasteiger partial charge in [-0.1, -0.05) is 0 Å². The van der Waals surface area contributed by atoms with Crippen molar-refractivity contribution in [3.8, 4) is 6.07 Å². The highest BCUT2D eigenvalue weighted by molar-refractivity contribution is 5.87. The molecule has 0 aromatic carbocycles. The summed E-state index contributed by atoms with van der Waals surface area (Å²) < 4.78 is 27.7. The molecule has 0 radical (unpaired) electrons. The summed E-state index contributed by atoms with van der Waals surface area (Å²) in [6.07, 6.45) is 2.57. The van der Waals surface area contributed by atoms with Gasteiger partial charge in [0.15, 0.2) is 5.94 Å². The second kappa shape index (κ2) is 5.23. The van der Waals surface area contributed by atoms with Crippen LogP contribution in [0.2, 0.25) is 0 Å². The molecule has 4 rings (SSSR count). The van der Waals surface area contributed by atoms with Gasteiger partial charge in [-0.05, 0) is 39.2 Å². The van der Waals surface area contributed by atoms with Crippen LogP contribution < -0.4 is 5.32 Å². The zero-order valence-corrected chi connectivity index (χ0v) is 14.2. The maximum absolute atomic E-state index is 13.9.